The summed E-state index contributed by atoms with van der Waals surface area (Å²) in [6, 6.07) is 9.72. The smallest absolute Gasteiger partial charge is 0.294 e. The van der Waals surface area contributed by atoms with Crippen molar-refractivity contribution in [1.29, 1.82) is 0 Å². The van der Waals surface area contributed by atoms with Crippen LogP contribution in [0.3, 0.4) is 0 Å². The maximum absolute atomic E-state index is 13.5. The third kappa shape index (κ3) is 6.16. The number of likely N-dealkylation sites (tertiary alicyclic amines) is 1. The van der Waals surface area contributed by atoms with Crippen LogP contribution < -0.4 is 9.47 Å². The summed E-state index contributed by atoms with van der Waals surface area (Å²) in [5, 5.41) is -0.455. The van der Waals surface area contributed by atoms with Gasteiger partial charge in [0.15, 0.2) is 11.5 Å². The van der Waals surface area contributed by atoms with Crippen molar-refractivity contribution < 1.29 is 28.2 Å². The van der Waals surface area contributed by atoms with E-state index < -0.39 is 11.1 Å². The fourth-order valence-electron chi connectivity index (χ4n) is 3.85. The summed E-state index contributed by atoms with van der Waals surface area (Å²) < 4.78 is 25.9. The molecule has 0 unspecified atom stereocenters. The van der Waals surface area contributed by atoms with Gasteiger partial charge in [0.25, 0.3) is 11.1 Å². The van der Waals surface area contributed by atoms with E-state index in [-0.39, 0.29) is 29.8 Å². The summed E-state index contributed by atoms with van der Waals surface area (Å²) in [7, 11) is 0. The molecule has 35 heavy (non-hydrogen) atoms. The number of rotatable bonds is 8. The lowest BCUT2D eigenvalue weighted by Gasteiger charge is -2.18. The van der Waals surface area contributed by atoms with E-state index in [1.165, 1.54) is 12.1 Å². The highest BCUT2D eigenvalue weighted by Crippen LogP contribution is 2.38. The predicted molar refractivity (Wildman–Crippen MR) is 140 cm³/mol. The van der Waals surface area contributed by atoms with Crippen molar-refractivity contribution in [3.05, 3.63) is 61.8 Å². The lowest BCUT2D eigenvalue weighted by molar-refractivity contribution is -0.135. The first kappa shape index (κ1) is 25.5. The lowest BCUT2D eigenvalue weighted by Crippen LogP contribution is -2.40. The molecule has 2 aromatic rings. The number of halogens is 2. The first-order valence-corrected chi connectivity index (χ1v) is 13.1. The van der Waals surface area contributed by atoms with Crippen molar-refractivity contribution >= 4 is 57.5 Å². The van der Waals surface area contributed by atoms with Gasteiger partial charge in [-0.05, 0) is 95.6 Å². The number of nitrogens with zero attached hydrogens (tertiary/aromatic N) is 2. The molecule has 2 saturated heterocycles. The second kappa shape index (κ2) is 11.4. The summed E-state index contributed by atoms with van der Waals surface area (Å²) in [6.07, 6.45) is 3.50. The van der Waals surface area contributed by atoms with Crippen molar-refractivity contribution in [2.75, 3.05) is 26.2 Å². The zero-order valence-corrected chi connectivity index (χ0v) is 22.1. The van der Waals surface area contributed by atoms with Gasteiger partial charge in [0.2, 0.25) is 5.91 Å². The van der Waals surface area contributed by atoms with E-state index in [0.717, 1.165) is 33.1 Å². The van der Waals surface area contributed by atoms with E-state index in [1.807, 2.05) is 13.0 Å². The number of ether oxygens (including phenoxy) is 2. The SMILES string of the molecule is CCOc1cc(/C=C2/SC(=O)N(CC(=O)N3CCCC3)C2=O)cc(I)c1OCc1cccc(F)c1. The van der Waals surface area contributed by atoms with Crippen molar-refractivity contribution in [2.24, 2.45) is 0 Å². The standard InChI is InChI=1S/C25H24FIN2O5S/c1-2-33-20-12-17(11-19(27)23(20)34-15-16-6-5-7-18(26)10-16)13-21-24(31)29(25(32)35-21)14-22(30)28-8-3-4-9-28/h5-7,10-13H,2-4,8-9,14-15H2,1H3/b21-13+. The molecule has 0 bridgehead atoms. The molecule has 2 aliphatic heterocycles. The number of imide groups is 1. The average molecular weight is 610 g/mol. The zero-order valence-electron chi connectivity index (χ0n) is 19.1. The van der Waals surface area contributed by atoms with Crippen molar-refractivity contribution in [2.45, 2.75) is 26.4 Å². The zero-order chi connectivity index (χ0) is 24.9. The molecule has 0 saturated carbocycles. The first-order chi connectivity index (χ1) is 16.9. The molecule has 0 spiro atoms. The van der Waals surface area contributed by atoms with Crippen LogP contribution in [-0.2, 0) is 16.2 Å². The molecule has 4 rings (SSSR count). The maximum Gasteiger partial charge on any atom is 0.294 e. The van der Waals surface area contributed by atoms with E-state index in [1.54, 1.807) is 29.2 Å². The van der Waals surface area contributed by atoms with E-state index in [0.29, 0.717) is 42.3 Å². The molecule has 0 aliphatic carbocycles. The molecular formula is C25H24FIN2O5S. The van der Waals surface area contributed by atoms with Crippen molar-refractivity contribution in [3.63, 3.8) is 0 Å². The van der Waals surface area contributed by atoms with Crippen LogP contribution in [0.1, 0.15) is 30.9 Å². The minimum Gasteiger partial charge on any atom is -0.490 e. The number of benzene rings is 2. The third-order valence-electron chi connectivity index (χ3n) is 5.53. The number of hydrogen-bond acceptors (Lipinski definition) is 6. The van der Waals surface area contributed by atoms with E-state index in [2.05, 4.69) is 22.6 Å². The second-order valence-corrected chi connectivity index (χ2v) is 10.2. The lowest BCUT2D eigenvalue weighted by atomic mass is 10.1. The number of thioether (sulfide) groups is 1. The fraction of sp³-hybridized carbons (Fsp3) is 0.320. The van der Waals surface area contributed by atoms with Crippen LogP contribution in [0, 0.1) is 9.39 Å². The van der Waals surface area contributed by atoms with E-state index in [9.17, 15) is 18.8 Å². The van der Waals surface area contributed by atoms with Gasteiger partial charge >= 0.3 is 0 Å². The monoisotopic (exact) mass is 610 g/mol. The van der Waals surface area contributed by atoms with Crippen molar-refractivity contribution in [1.82, 2.24) is 9.80 Å². The molecule has 10 heteroatoms. The van der Waals surface area contributed by atoms with Gasteiger partial charge in [0.1, 0.15) is 19.0 Å². The summed E-state index contributed by atoms with van der Waals surface area (Å²) in [4.78, 5) is 40.7. The molecule has 2 aromatic carbocycles. The number of carbonyl (C=O) groups excluding carboxylic acids is 3. The minimum atomic E-state index is -0.480. The van der Waals surface area contributed by atoms with Crippen LogP contribution in [0.5, 0.6) is 11.5 Å². The molecular weight excluding hydrogens is 586 g/mol. The van der Waals surface area contributed by atoms with Gasteiger partial charge in [-0.1, -0.05) is 12.1 Å². The number of hydrogen-bond donors (Lipinski definition) is 0. The van der Waals surface area contributed by atoms with E-state index in [4.69, 9.17) is 9.47 Å². The molecule has 3 amide bonds. The Kier molecular flexibility index (Phi) is 8.32. The molecule has 0 aromatic heterocycles. The summed E-state index contributed by atoms with van der Waals surface area (Å²) in [5.41, 5.74) is 1.34. The Morgan fingerprint density at radius 1 is 1.17 bits per heavy atom. The largest absolute Gasteiger partial charge is 0.490 e. The summed E-state index contributed by atoms with van der Waals surface area (Å²) >= 11 is 2.93. The van der Waals surface area contributed by atoms with Crippen LogP contribution in [0.2, 0.25) is 0 Å². The van der Waals surface area contributed by atoms with Crippen LogP contribution in [0.15, 0.2) is 41.3 Å². The van der Waals surface area contributed by atoms with Crippen LogP contribution in [0.4, 0.5) is 9.18 Å². The minimum absolute atomic E-state index is 0.164. The topological polar surface area (TPSA) is 76.2 Å². The number of carbonyl (C=O) groups is 3. The van der Waals surface area contributed by atoms with Gasteiger partial charge in [-0.3, -0.25) is 19.3 Å². The molecule has 7 nitrogen and oxygen atoms in total. The molecule has 2 heterocycles. The van der Waals surface area contributed by atoms with Gasteiger partial charge in [-0.2, -0.15) is 0 Å². The second-order valence-electron chi connectivity index (χ2n) is 8.04. The Morgan fingerprint density at radius 2 is 1.94 bits per heavy atom. The number of amides is 3. The van der Waals surface area contributed by atoms with Gasteiger partial charge < -0.3 is 14.4 Å². The third-order valence-corrected chi connectivity index (χ3v) is 7.24. The first-order valence-electron chi connectivity index (χ1n) is 11.2. The van der Waals surface area contributed by atoms with Gasteiger partial charge in [0.05, 0.1) is 15.1 Å². The molecule has 0 atom stereocenters. The highest BCUT2D eigenvalue weighted by molar-refractivity contribution is 14.1. The highest BCUT2D eigenvalue weighted by Gasteiger charge is 2.37. The Balaban J connectivity index is 1.52. The highest BCUT2D eigenvalue weighted by atomic mass is 127. The molecule has 2 fully saturated rings. The Hall–Kier alpha value is -2.60. The predicted octanol–water partition coefficient (Wildman–Crippen LogP) is 5.07. The Labute approximate surface area is 220 Å². The molecule has 184 valence electrons. The molecule has 0 radical (unpaired) electrons. The quantitative estimate of drug-likeness (QED) is 0.307. The van der Waals surface area contributed by atoms with Crippen molar-refractivity contribution in [3.8, 4) is 11.5 Å². The van der Waals surface area contributed by atoms with Crippen LogP contribution in [0.25, 0.3) is 6.08 Å². The van der Waals surface area contributed by atoms with Gasteiger partial charge in [-0.25, -0.2) is 4.39 Å². The maximum atomic E-state index is 13.5. The molecule has 2 aliphatic rings. The fourth-order valence-corrected chi connectivity index (χ4v) is 5.47. The van der Waals surface area contributed by atoms with Gasteiger partial charge in [-0.15, -0.1) is 0 Å². The van der Waals surface area contributed by atoms with Crippen LogP contribution in [-0.4, -0.2) is 53.1 Å². The summed E-state index contributed by atoms with van der Waals surface area (Å²) in [6.45, 7) is 3.49. The Morgan fingerprint density at radius 3 is 2.66 bits per heavy atom. The normalized spacial score (nSPS) is 16.9. The summed E-state index contributed by atoms with van der Waals surface area (Å²) in [5.74, 6) is -0.0353. The van der Waals surface area contributed by atoms with Gasteiger partial charge in [0, 0.05) is 13.1 Å². The average Bonchev–Trinajstić information content (AvgIpc) is 3.44. The Bertz CT molecular complexity index is 1180. The van der Waals surface area contributed by atoms with E-state index >= 15 is 0 Å². The van der Waals surface area contributed by atoms with Crippen LogP contribution >= 0.6 is 34.4 Å². The molecule has 0 N–H and O–H groups in total.